The maximum absolute atomic E-state index is 10.5. The smallest absolute Gasteiger partial charge is 0.231 e. The van der Waals surface area contributed by atoms with E-state index >= 15 is 0 Å². The van der Waals surface area contributed by atoms with E-state index in [-0.39, 0.29) is 11.0 Å². The minimum atomic E-state index is -0.379. The van der Waals surface area contributed by atoms with Crippen LogP contribution in [0.5, 0.6) is 0 Å². The first kappa shape index (κ1) is 11.2. The van der Waals surface area contributed by atoms with Crippen molar-refractivity contribution in [1.82, 2.24) is 0 Å². The van der Waals surface area contributed by atoms with E-state index in [0.717, 1.165) is 4.90 Å². The topological polar surface area (TPSA) is 17.1 Å². The Morgan fingerprint density at radius 3 is 2.54 bits per heavy atom. The van der Waals surface area contributed by atoms with Crippen LogP contribution in [-0.2, 0) is 4.79 Å². The Kier molecular flexibility index (Phi) is 4.39. The van der Waals surface area contributed by atoms with E-state index in [1.54, 1.807) is 18.2 Å². The van der Waals surface area contributed by atoms with Crippen LogP contribution in [0.3, 0.4) is 0 Å². The van der Waals surface area contributed by atoms with Crippen molar-refractivity contribution in [3.63, 3.8) is 0 Å². The van der Waals surface area contributed by atoms with Crippen LogP contribution in [0.15, 0.2) is 23.1 Å². The van der Waals surface area contributed by atoms with Crippen LogP contribution < -0.4 is 0 Å². The van der Waals surface area contributed by atoms with E-state index < -0.39 is 0 Å². The summed E-state index contributed by atoms with van der Waals surface area (Å²) in [6.07, 6.45) is 0. The van der Waals surface area contributed by atoms with Crippen molar-refractivity contribution in [2.45, 2.75) is 4.90 Å². The Morgan fingerprint density at radius 2 is 2.00 bits per heavy atom. The summed E-state index contributed by atoms with van der Waals surface area (Å²) in [4.78, 5) is 11.3. The SMILES string of the molecule is O=C(Cl)CSc1ccc(Cl)c(Cl)c1. The Labute approximate surface area is 95.4 Å². The molecule has 0 saturated carbocycles. The van der Waals surface area contributed by atoms with E-state index in [0.29, 0.717) is 10.0 Å². The maximum Gasteiger partial charge on any atom is 0.231 e. The molecule has 1 aromatic rings. The standard InChI is InChI=1S/C8H5Cl3OS/c9-6-2-1-5(3-7(6)10)13-4-8(11)12/h1-3H,4H2. The number of halogens is 3. The number of thioether (sulfide) groups is 1. The zero-order valence-electron chi connectivity index (χ0n) is 6.39. The molecule has 0 radical (unpaired) electrons. The van der Waals surface area contributed by atoms with Gasteiger partial charge in [0, 0.05) is 4.90 Å². The van der Waals surface area contributed by atoms with E-state index in [4.69, 9.17) is 34.8 Å². The molecule has 0 fully saturated rings. The molecule has 0 unspecified atom stereocenters. The fraction of sp³-hybridized carbons (Fsp3) is 0.125. The molecule has 0 aromatic heterocycles. The number of benzene rings is 1. The van der Waals surface area contributed by atoms with Gasteiger partial charge in [-0.2, -0.15) is 0 Å². The van der Waals surface area contributed by atoms with Gasteiger partial charge in [-0.1, -0.05) is 23.2 Å². The molecule has 1 nitrogen and oxygen atoms in total. The highest BCUT2D eigenvalue weighted by Crippen LogP contribution is 2.27. The van der Waals surface area contributed by atoms with Crippen LogP contribution in [0.25, 0.3) is 0 Å². The third-order valence-corrected chi connectivity index (χ3v) is 3.27. The summed E-state index contributed by atoms with van der Waals surface area (Å²) in [6.45, 7) is 0. The number of hydrogen-bond donors (Lipinski definition) is 0. The minimum absolute atomic E-state index is 0.236. The predicted molar refractivity (Wildman–Crippen MR) is 58.0 cm³/mol. The molecule has 0 N–H and O–H groups in total. The lowest BCUT2D eigenvalue weighted by Crippen LogP contribution is -1.88. The third-order valence-electron chi connectivity index (χ3n) is 1.24. The first-order valence-corrected chi connectivity index (χ1v) is 5.47. The lowest BCUT2D eigenvalue weighted by Gasteiger charge is -2.00. The zero-order valence-corrected chi connectivity index (χ0v) is 9.47. The first-order chi connectivity index (χ1) is 6.09. The number of carbonyl (C=O) groups is 1. The summed E-state index contributed by atoms with van der Waals surface area (Å²) in [6, 6.07) is 5.18. The van der Waals surface area contributed by atoms with Gasteiger partial charge in [0.15, 0.2) is 0 Å². The molecule has 0 heterocycles. The maximum atomic E-state index is 10.5. The van der Waals surface area contributed by atoms with Crippen LogP contribution in [0.2, 0.25) is 10.0 Å². The van der Waals surface area contributed by atoms with E-state index in [1.165, 1.54) is 11.8 Å². The average Bonchev–Trinajstić information content (AvgIpc) is 2.07. The van der Waals surface area contributed by atoms with Crippen LogP contribution in [-0.4, -0.2) is 11.0 Å². The summed E-state index contributed by atoms with van der Waals surface area (Å²) >= 11 is 18.0. The summed E-state index contributed by atoms with van der Waals surface area (Å²) in [5.41, 5.74) is 0. The Balaban J connectivity index is 2.68. The van der Waals surface area contributed by atoms with Gasteiger partial charge in [-0.3, -0.25) is 4.79 Å². The second-order valence-corrected chi connectivity index (χ2v) is 4.50. The van der Waals surface area contributed by atoms with E-state index in [1.807, 2.05) is 0 Å². The van der Waals surface area contributed by atoms with Crippen LogP contribution >= 0.6 is 46.6 Å². The Morgan fingerprint density at radius 1 is 1.31 bits per heavy atom. The molecule has 1 aromatic carbocycles. The molecule has 0 spiro atoms. The van der Waals surface area contributed by atoms with Crippen LogP contribution in [0, 0.1) is 0 Å². The van der Waals surface area contributed by atoms with Gasteiger partial charge in [-0.05, 0) is 29.8 Å². The molecule has 1 rings (SSSR count). The highest BCUT2D eigenvalue weighted by atomic mass is 35.5. The average molecular weight is 256 g/mol. The van der Waals surface area contributed by atoms with Crippen LogP contribution in [0.4, 0.5) is 0 Å². The van der Waals surface area contributed by atoms with Crippen molar-refractivity contribution in [3.8, 4) is 0 Å². The van der Waals surface area contributed by atoms with Gasteiger partial charge in [0.1, 0.15) is 0 Å². The lowest BCUT2D eigenvalue weighted by molar-refractivity contribution is -0.109. The molecule has 70 valence electrons. The number of hydrogen-bond acceptors (Lipinski definition) is 2. The molecule has 0 saturated heterocycles. The summed E-state index contributed by atoms with van der Waals surface area (Å²) in [5.74, 6) is 0.236. The van der Waals surface area contributed by atoms with Gasteiger partial charge < -0.3 is 0 Å². The summed E-state index contributed by atoms with van der Waals surface area (Å²) in [5, 5.41) is 0.605. The molecule has 5 heteroatoms. The van der Waals surface area contributed by atoms with Gasteiger partial charge in [-0.15, -0.1) is 11.8 Å². The molecule has 0 aliphatic carbocycles. The van der Waals surface area contributed by atoms with E-state index in [9.17, 15) is 4.79 Å². The van der Waals surface area contributed by atoms with Gasteiger partial charge in [0.25, 0.3) is 0 Å². The molecule has 0 aliphatic rings. The van der Waals surface area contributed by atoms with Crippen molar-refractivity contribution in [3.05, 3.63) is 28.2 Å². The molecule has 0 atom stereocenters. The normalized spacial score (nSPS) is 10.1. The molecular weight excluding hydrogens is 251 g/mol. The second kappa shape index (κ2) is 5.11. The number of rotatable bonds is 3. The van der Waals surface area contributed by atoms with E-state index in [2.05, 4.69) is 0 Å². The molecule has 0 bridgehead atoms. The largest absolute Gasteiger partial charge is 0.280 e. The molecule has 0 amide bonds. The highest BCUT2D eigenvalue weighted by molar-refractivity contribution is 8.00. The first-order valence-electron chi connectivity index (χ1n) is 3.36. The molecular formula is C8H5Cl3OS. The molecule has 13 heavy (non-hydrogen) atoms. The van der Waals surface area contributed by atoms with Crippen molar-refractivity contribution < 1.29 is 4.79 Å². The lowest BCUT2D eigenvalue weighted by atomic mass is 10.4. The quantitative estimate of drug-likeness (QED) is 0.603. The fourth-order valence-corrected chi connectivity index (χ4v) is 1.88. The van der Waals surface area contributed by atoms with Crippen LogP contribution in [0.1, 0.15) is 0 Å². The van der Waals surface area contributed by atoms with Gasteiger partial charge >= 0.3 is 0 Å². The van der Waals surface area contributed by atoms with Crippen molar-refractivity contribution in [2.24, 2.45) is 0 Å². The Bertz CT molecular complexity index is 327. The fourth-order valence-electron chi connectivity index (χ4n) is 0.707. The third kappa shape index (κ3) is 3.77. The highest BCUT2D eigenvalue weighted by Gasteiger charge is 2.02. The van der Waals surface area contributed by atoms with Gasteiger partial charge in [0.2, 0.25) is 5.24 Å². The minimum Gasteiger partial charge on any atom is -0.280 e. The number of carbonyl (C=O) groups excluding carboxylic acids is 1. The van der Waals surface area contributed by atoms with Crippen molar-refractivity contribution in [1.29, 1.82) is 0 Å². The second-order valence-electron chi connectivity index (χ2n) is 2.22. The van der Waals surface area contributed by atoms with Crippen molar-refractivity contribution in [2.75, 3.05) is 5.75 Å². The monoisotopic (exact) mass is 254 g/mol. The van der Waals surface area contributed by atoms with Gasteiger partial charge in [0.05, 0.1) is 15.8 Å². The predicted octanol–water partition coefficient (Wildman–Crippen LogP) is 3.85. The summed E-state index contributed by atoms with van der Waals surface area (Å²) in [7, 11) is 0. The van der Waals surface area contributed by atoms with Crippen molar-refractivity contribution >= 4 is 51.8 Å². The zero-order chi connectivity index (χ0) is 9.84. The molecule has 0 aliphatic heterocycles. The summed E-state index contributed by atoms with van der Waals surface area (Å²) < 4.78 is 0. The Hall–Kier alpha value is 0.110. The van der Waals surface area contributed by atoms with Gasteiger partial charge in [-0.25, -0.2) is 0 Å².